The third-order valence-corrected chi connectivity index (χ3v) is 5.06. The van der Waals surface area contributed by atoms with E-state index in [1.165, 1.54) is 32.1 Å². The highest BCUT2D eigenvalue weighted by Crippen LogP contribution is 2.40. The smallest absolute Gasteiger partial charge is 0.137 e. The molecule has 2 aliphatic rings. The molecule has 1 saturated heterocycles. The number of nitrogens with zero attached hydrogens (tertiary/aromatic N) is 3. The Morgan fingerprint density at radius 2 is 2.00 bits per heavy atom. The van der Waals surface area contributed by atoms with Crippen molar-refractivity contribution in [3.63, 3.8) is 0 Å². The van der Waals surface area contributed by atoms with Crippen LogP contribution in [0.1, 0.15) is 50.4 Å². The van der Waals surface area contributed by atoms with E-state index < -0.39 is 0 Å². The van der Waals surface area contributed by atoms with E-state index >= 15 is 0 Å². The van der Waals surface area contributed by atoms with Crippen molar-refractivity contribution in [1.29, 1.82) is 0 Å². The number of aromatic nitrogens is 2. The normalized spacial score (nSPS) is 26.6. The summed E-state index contributed by atoms with van der Waals surface area (Å²) >= 11 is 6.28. The first kappa shape index (κ1) is 13.2. The maximum absolute atomic E-state index is 6.28. The molecular weight excluding hydrogens is 258 g/mol. The molecular formula is C15H22ClN3. The fourth-order valence-electron chi connectivity index (χ4n) is 3.68. The molecule has 2 fully saturated rings. The maximum atomic E-state index is 6.28. The summed E-state index contributed by atoms with van der Waals surface area (Å²) in [6, 6.07) is 0.683. The Labute approximate surface area is 120 Å². The summed E-state index contributed by atoms with van der Waals surface area (Å²) in [6.45, 7) is 5.26. The van der Waals surface area contributed by atoms with Crippen molar-refractivity contribution in [3.05, 3.63) is 16.5 Å². The van der Waals surface area contributed by atoms with Gasteiger partial charge in [-0.1, -0.05) is 24.9 Å². The molecule has 2 unspecified atom stereocenters. The third kappa shape index (κ3) is 2.33. The second kappa shape index (κ2) is 5.28. The van der Waals surface area contributed by atoms with Crippen LogP contribution < -0.4 is 4.90 Å². The highest BCUT2D eigenvalue weighted by molar-refractivity contribution is 6.30. The predicted molar refractivity (Wildman–Crippen MR) is 78.9 cm³/mol. The highest BCUT2D eigenvalue weighted by atomic mass is 35.5. The molecule has 3 nitrogen and oxygen atoms in total. The quantitative estimate of drug-likeness (QED) is 0.772. The minimum atomic E-state index is 0.627. The lowest BCUT2D eigenvalue weighted by molar-refractivity contribution is 0.360. The molecule has 0 aromatic carbocycles. The first-order valence-electron chi connectivity index (χ1n) is 7.50. The number of anilines is 1. The zero-order valence-electron chi connectivity index (χ0n) is 11.8. The third-order valence-electron chi connectivity index (χ3n) is 4.69. The lowest BCUT2D eigenvalue weighted by Gasteiger charge is -2.39. The molecule has 3 rings (SSSR count). The van der Waals surface area contributed by atoms with E-state index in [9.17, 15) is 0 Å². The number of fused-ring (bicyclic) bond motifs is 1. The van der Waals surface area contributed by atoms with Crippen molar-refractivity contribution in [3.8, 4) is 0 Å². The van der Waals surface area contributed by atoms with E-state index in [4.69, 9.17) is 16.6 Å². The van der Waals surface area contributed by atoms with Crippen molar-refractivity contribution in [2.24, 2.45) is 5.92 Å². The van der Waals surface area contributed by atoms with Gasteiger partial charge in [0.2, 0.25) is 0 Å². The molecule has 0 amide bonds. The summed E-state index contributed by atoms with van der Waals surface area (Å²) in [4.78, 5) is 11.6. The van der Waals surface area contributed by atoms with Crippen LogP contribution >= 0.6 is 11.6 Å². The fraction of sp³-hybridized carbons (Fsp3) is 0.733. The van der Waals surface area contributed by atoms with Crippen LogP contribution in [0.25, 0.3) is 0 Å². The first-order valence-corrected chi connectivity index (χ1v) is 7.88. The van der Waals surface area contributed by atoms with Crippen molar-refractivity contribution in [2.75, 3.05) is 11.4 Å². The number of aryl methyl sites for hydroxylation is 1. The van der Waals surface area contributed by atoms with Crippen LogP contribution in [0.2, 0.25) is 5.15 Å². The van der Waals surface area contributed by atoms with Crippen LogP contribution in [0.15, 0.2) is 0 Å². The summed E-state index contributed by atoms with van der Waals surface area (Å²) in [5.74, 6) is 2.83. The van der Waals surface area contributed by atoms with Gasteiger partial charge in [-0.15, -0.1) is 0 Å². The van der Waals surface area contributed by atoms with E-state index in [-0.39, 0.29) is 0 Å². The van der Waals surface area contributed by atoms with Crippen LogP contribution in [-0.2, 0) is 6.42 Å². The van der Waals surface area contributed by atoms with Gasteiger partial charge in [0.1, 0.15) is 16.8 Å². The molecule has 2 heterocycles. The lowest BCUT2D eigenvalue weighted by atomic mass is 9.92. The van der Waals surface area contributed by atoms with Crippen molar-refractivity contribution >= 4 is 17.4 Å². The Hall–Kier alpha value is -0.830. The average molecular weight is 280 g/mol. The Bertz CT molecular complexity index is 475. The lowest BCUT2D eigenvalue weighted by Crippen LogP contribution is -2.43. The maximum Gasteiger partial charge on any atom is 0.137 e. The van der Waals surface area contributed by atoms with Gasteiger partial charge in [0.05, 0.1) is 0 Å². The topological polar surface area (TPSA) is 29.0 Å². The van der Waals surface area contributed by atoms with E-state index in [0.717, 1.165) is 36.1 Å². The molecule has 1 aliphatic carbocycles. The molecule has 1 aromatic rings. The van der Waals surface area contributed by atoms with Crippen molar-refractivity contribution < 1.29 is 0 Å². The van der Waals surface area contributed by atoms with E-state index in [1.807, 2.05) is 0 Å². The van der Waals surface area contributed by atoms with Crippen molar-refractivity contribution in [1.82, 2.24) is 9.97 Å². The van der Waals surface area contributed by atoms with Gasteiger partial charge in [0, 0.05) is 24.6 Å². The number of piperidine rings is 1. The van der Waals surface area contributed by atoms with Gasteiger partial charge < -0.3 is 4.90 Å². The molecule has 0 spiro atoms. The summed E-state index contributed by atoms with van der Waals surface area (Å²) in [5.41, 5.74) is 1.05. The molecule has 19 heavy (non-hydrogen) atoms. The minimum absolute atomic E-state index is 0.627. The highest BCUT2D eigenvalue weighted by Gasteiger charge is 2.36. The van der Waals surface area contributed by atoms with Crippen LogP contribution in [-0.4, -0.2) is 22.6 Å². The molecule has 0 radical (unpaired) electrons. The van der Waals surface area contributed by atoms with Crippen LogP contribution in [0.3, 0.4) is 0 Å². The van der Waals surface area contributed by atoms with Crippen LogP contribution in [0.5, 0.6) is 0 Å². The summed E-state index contributed by atoms with van der Waals surface area (Å²) < 4.78 is 0. The number of halogens is 1. The second-order valence-corrected chi connectivity index (χ2v) is 6.18. The summed E-state index contributed by atoms with van der Waals surface area (Å²) in [6.07, 6.45) is 7.58. The predicted octanol–water partition coefficient (Wildman–Crippen LogP) is 3.77. The number of hydrogen-bond acceptors (Lipinski definition) is 3. The summed E-state index contributed by atoms with van der Waals surface area (Å²) in [5, 5.41) is 0.627. The molecule has 0 bridgehead atoms. The van der Waals surface area contributed by atoms with Gasteiger partial charge in [0.25, 0.3) is 0 Å². The molecule has 1 saturated carbocycles. The Morgan fingerprint density at radius 1 is 1.21 bits per heavy atom. The Kier molecular flexibility index (Phi) is 3.66. The van der Waals surface area contributed by atoms with Crippen molar-refractivity contribution in [2.45, 2.75) is 58.4 Å². The molecule has 4 heteroatoms. The second-order valence-electron chi connectivity index (χ2n) is 5.83. The van der Waals surface area contributed by atoms with Gasteiger partial charge in [-0.3, -0.25) is 0 Å². The number of hydrogen-bond donors (Lipinski definition) is 0. The van der Waals surface area contributed by atoms with E-state index in [0.29, 0.717) is 11.2 Å². The van der Waals surface area contributed by atoms with Gasteiger partial charge >= 0.3 is 0 Å². The average Bonchev–Trinajstić information content (AvgIpc) is 2.90. The monoisotopic (exact) mass is 279 g/mol. The first-order chi connectivity index (χ1) is 9.20. The van der Waals surface area contributed by atoms with Crippen LogP contribution in [0, 0.1) is 12.8 Å². The standard InChI is InChI=1S/C15H22ClN3/c1-3-13-17-14(16)10(2)15(18-13)19-9-5-7-11-6-4-8-12(11)19/h11-12H,3-9H2,1-2H3. The molecule has 1 aliphatic heterocycles. The molecule has 0 N–H and O–H groups in total. The largest absolute Gasteiger partial charge is 0.353 e. The SMILES string of the molecule is CCc1nc(Cl)c(C)c(N2CCCC3CCCC32)n1. The summed E-state index contributed by atoms with van der Waals surface area (Å²) in [7, 11) is 0. The zero-order chi connectivity index (χ0) is 13.4. The minimum Gasteiger partial charge on any atom is -0.353 e. The Morgan fingerprint density at radius 3 is 2.79 bits per heavy atom. The van der Waals surface area contributed by atoms with E-state index in [1.54, 1.807) is 0 Å². The Balaban J connectivity index is 1.98. The molecule has 1 aromatic heterocycles. The van der Waals surface area contributed by atoms with Gasteiger partial charge in [0.15, 0.2) is 0 Å². The van der Waals surface area contributed by atoms with E-state index in [2.05, 4.69) is 23.7 Å². The number of rotatable bonds is 2. The van der Waals surface area contributed by atoms with Gasteiger partial charge in [-0.25, -0.2) is 9.97 Å². The van der Waals surface area contributed by atoms with Gasteiger partial charge in [-0.2, -0.15) is 0 Å². The van der Waals surface area contributed by atoms with Crippen LogP contribution in [0.4, 0.5) is 5.82 Å². The van der Waals surface area contributed by atoms with Gasteiger partial charge in [-0.05, 0) is 38.5 Å². The fourth-order valence-corrected chi connectivity index (χ4v) is 3.86. The molecule has 104 valence electrons. The zero-order valence-corrected chi connectivity index (χ0v) is 12.6. The molecule has 2 atom stereocenters.